The maximum atomic E-state index is 12.8. The van der Waals surface area contributed by atoms with Gasteiger partial charge >= 0.3 is 5.97 Å². The molecule has 6 nitrogen and oxygen atoms in total. The minimum atomic E-state index is -0.959. The van der Waals surface area contributed by atoms with E-state index in [2.05, 4.69) is 5.32 Å². The topological polar surface area (TPSA) is 86.7 Å². The lowest BCUT2D eigenvalue weighted by atomic mass is 10.0. The molecule has 6 heteroatoms. The van der Waals surface area contributed by atoms with Gasteiger partial charge in [0, 0.05) is 24.2 Å². The van der Waals surface area contributed by atoms with Crippen LogP contribution < -0.4 is 5.32 Å². The van der Waals surface area contributed by atoms with Crippen molar-refractivity contribution in [2.24, 2.45) is 5.92 Å². The highest BCUT2D eigenvalue weighted by Crippen LogP contribution is 2.28. The first-order valence-electron chi connectivity index (χ1n) is 9.98. The van der Waals surface area contributed by atoms with E-state index in [0.29, 0.717) is 36.6 Å². The molecule has 0 spiro atoms. The Bertz CT molecular complexity index is 697. The van der Waals surface area contributed by atoms with E-state index in [-0.39, 0.29) is 11.8 Å². The number of benzene rings is 1. The van der Waals surface area contributed by atoms with Crippen LogP contribution in [0.2, 0.25) is 0 Å². The first-order chi connectivity index (χ1) is 13.0. The molecule has 1 aromatic carbocycles. The van der Waals surface area contributed by atoms with Gasteiger partial charge in [0.25, 0.3) is 5.91 Å². The average molecular weight is 372 g/mol. The number of likely N-dealkylation sites (tertiary alicyclic amines) is 1. The number of carboxylic acid groups (broad SMARTS) is 1. The molecule has 1 atom stereocenters. The molecule has 0 aromatic heterocycles. The highest BCUT2D eigenvalue weighted by molar-refractivity contribution is 5.99. The Kier molecular flexibility index (Phi) is 6.48. The van der Waals surface area contributed by atoms with Crippen LogP contribution in [-0.2, 0) is 9.59 Å². The van der Waals surface area contributed by atoms with Gasteiger partial charge in [-0.3, -0.25) is 9.59 Å². The third-order valence-electron chi connectivity index (χ3n) is 5.70. The van der Waals surface area contributed by atoms with E-state index >= 15 is 0 Å². The average Bonchev–Trinajstić information content (AvgIpc) is 3.19. The van der Waals surface area contributed by atoms with Crippen LogP contribution >= 0.6 is 0 Å². The Morgan fingerprint density at radius 2 is 1.81 bits per heavy atom. The summed E-state index contributed by atoms with van der Waals surface area (Å²) in [6, 6.07) is 6.03. The number of anilines is 1. The molecule has 1 aromatic rings. The van der Waals surface area contributed by atoms with Crippen molar-refractivity contribution >= 4 is 23.5 Å². The summed E-state index contributed by atoms with van der Waals surface area (Å²) in [7, 11) is 0. The second-order valence-corrected chi connectivity index (χ2v) is 7.67. The van der Waals surface area contributed by atoms with Crippen LogP contribution in [0.4, 0.5) is 5.69 Å². The third kappa shape index (κ3) is 5.08. The summed E-state index contributed by atoms with van der Waals surface area (Å²) in [5.74, 6) is -0.618. The molecule has 2 aliphatic rings. The first-order valence-corrected chi connectivity index (χ1v) is 9.98. The van der Waals surface area contributed by atoms with Gasteiger partial charge in [0.1, 0.15) is 6.04 Å². The fourth-order valence-electron chi connectivity index (χ4n) is 4.18. The van der Waals surface area contributed by atoms with Gasteiger partial charge in [0.2, 0.25) is 5.91 Å². The number of carbonyl (C=O) groups excluding carboxylic acids is 2. The Balaban J connectivity index is 1.61. The Hall–Kier alpha value is -2.37. The number of carbonyl (C=O) groups is 3. The van der Waals surface area contributed by atoms with E-state index < -0.39 is 12.0 Å². The lowest BCUT2D eigenvalue weighted by Crippen LogP contribution is -2.48. The molecular formula is C21H28N2O4. The van der Waals surface area contributed by atoms with E-state index in [1.165, 1.54) is 30.6 Å². The number of rotatable bonds is 6. The van der Waals surface area contributed by atoms with Crippen LogP contribution in [0.15, 0.2) is 24.3 Å². The summed E-state index contributed by atoms with van der Waals surface area (Å²) in [6.45, 7) is 0.452. The van der Waals surface area contributed by atoms with Crippen LogP contribution in [0.1, 0.15) is 68.1 Å². The third-order valence-corrected chi connectivity index (χ3v) is 5.70. The molecule has 2 fully saturated rings. The molecule has 27 heavy (non-hydrogen) atoms. The van der Waals surface area contributed by atoms with Gasteiger partial charge in [-0.2, -0.15) is 0 Å². The van der Waals surface area contributed by atoms with Crippen molar-refractivity contribution in [2.45, 2.75) is 63.8 Å². The zero-order valence-corrected chi connectivity index (χ0v) is 15.7. The molecule has 146 valence electrons. The van der Waals surface area contributed by atoms with Gasteiger partial charge in [-0.25, -0.2) is 4.79 Å². The first kappa shape index (κ1) is 19.4. The quantitative estimate of drug-likeness (QED) is 0.797. The molecule has 1 saturated heterocycles. The molecule has 1 aliphatic carbocycles. The number of nitrogens with one attached hydrogen (secondary N) is 1. The van der Waals surface area contributed by atoms with Crippen molar-refractivity contribution in [3.8, 4) is 0 Å². The summed E-state index contributed by atoms with van der Waals surface area (Å²) in [5, 5.41) is 12.2. The normalized spacial score (nSPS) is 20.4. The van der Waals surface area contributed by atoms with Crippen LogP contribution in [0, 0.1) is 5.92 Å². The van der Waals surface area contributed by atoms with Crippen LogP contribution in [-0.4, -0.2) is 40.4 Å². The van der Waals surface area contributed by atoms with Gasteiger partial charge in [0.05, 0.1) is 0 Å². The molecule has 0 radical (unpaired) electrons. The summed E-state index contributed by atoms with van der Waals surface area (Å²) in [5.41, 5.74) is 0.998. The predicted molar refractivity (Wildman–Crippen MR) is 103 cm³/mol. The molecule has 2 amide bonds. The Morgan fingerprint density at radius 1 is 1.07 bits per heavy atom. The fourth-order valence-corrected chi connectivity index (χ4v) is 4.18. The standard InChI is InChI=1S/C21H28N2O4/c24-19(12-11-15-6-1-2-7-15)22-17-9-5-8-16(14-17)20(25)23-13-4-3-10-18(23)21(26)27/h5,8-9,14-15,18H,1-4,6-7,10-13H2,(H,22,24)(H,26,27). The lowest BCUT2D eigenvalue weighted by molar-refractivity contribution is -0.143. The van der Waals surface area contributed by atoms with Crippen molar-refractivity contribution in [1.82, 2.24) is 4.90 Å². The molecule has 3 rings (SSSR count). The number of hydrogen-bond acceptors (Lipinski definition) is 3. The number of nitrogens with zero attached hydrogens (tertiary/aromatic N) is 1. The van der Waals surface area contributed by atoms with Gasteiger partial charge in [-0.1, -0.05) is 31.7 Å². The monoisotopic (exact) mass is 372 g/mol. The van der Waals surface area contributed by atoms with Crippen molar-refractivity contribution in [3.63, 3.8) is 0 Å². The number of amides is 2. The second kappa shape index (κ2) is 9.02. The highest BCUT2D eigenvalue weighted by atomic mass is 16.4. The molecule has 1 saturated carbocycles. The number of piperidine rings is 1. The van der Waals surface area contributed by atoms with Gasteiger partial charge in [0.15, 0.2) is 0 Å². The van der Waals surface area contributed by atoms with Crippen molar-refractivity contribution < 1.29 is 19.5 Å². The van der Waals surface area contributed by atoms with E-state index in [1.807, 2.05) is 0 Å². The van der Waals surface area contributed by atoms with E-state index in [9.17, 15) is 19.5 Å². The molecule has 1 heterocycles. The number of carboxylic acids is 1. The summed E-state index contributed by atoms with van der Waals surface area (Å²) in [4.78, 5) is 37.9. The number of aliphatic carboxylic acids is 1. The summed E-state index contributed by atoms with van der Waals surface area (Å²) in [6.07, 6.45) is 8.50. The van der Waals surface area contributed by atoms with Gasteiger partial charge < -0.3 is 15.3 Å². The van der Waals surface area contributed by atoms with Crippen LogP contribution in [0.5, 0.6) is 0 Å². The van der Waals surface area contributed by atoms with Crippen molar-refractivity contribution in [1.29, 1.82) is 0 Å². The summed E-state index contributed by atoms with van der Waals surface area (Å²) >= 11 is 0. The smallest absolute Gasteiger partial charge is 0.326 e. The van der Waals surface area contributed by atoms with Crippen molar-refractivity contribution in [2.75, 3.05) is 11.9 Å². The second-order valence-electron chi connectivity index (χ2n) is 7.67. The summed E-state index contributed by atoms with van der Waals surface area (Å²) < 4.78 is 0. The van der Waals surface area contributed by atoms with E-state index in [4.69, 9.17) is 0 Å². The predicted octanol–water partition coefficient (Wildman–Crippen LogP) is 3.67. The molecule has 1 aliphatic heterocycles. The van der Waals surface area contributed by atoms with E-state index in [0.717, 1.165) is 19.3 Å². The SMILES string of the molecule is O=C(CCC1CCCC1)Nc1cccc(C(=O)N2CCCCC2C(=O)O)c1. The van der Waals surface area contributed by atoms with E-state index in [1.54, 1.807) is 24.3 Å². The zero-order valence-electron chi connectivity index (χ0n) is 15.7. The largest absolute Gasteiger partial charge is 0.480 e. The fraction of sp³-hybridized carbons (Fsp3) is 0.571. The zero-order chi connectivity index (χ0) is 19.2. The maximum absolute atomic E-state index is 12.8. The molecular weight excluding hydrogens is 344 g/mol. The molecule has 2 N–H and O–H groups in total. The minimum absolute atomic E-state index is 0.0344. The molecule has 0 bridgehead atoms. The number of hydrogen-bond donors (Lipinski definition) is 2. The maximum Gasteiger partial charge on any atom is 0.326 e. The van der Waals surface area contributed by atoms with Crippen LogP contribution in [0.25, 0.3) is 0 Å². The van der Waals surface area contributed by atoms with Crippen LogP contribution in [0.3, 0.4) is 0 Å². The van der Waals surface area contributed by atoms with Crippen molar-refractivity contribution in [3.05, 3.63) is 29.8 Å². The molecule has 1 unspecified atom stereocenters. The van der Waals surface area contributed by atoms with Gasteiger partial charge in [-0.15, -0.1) is 0 Å². The van der Waals surface area contributed by atoms with Gasteiger partial charge in [-0.05, 0) is 49.8 Å². The lowest BCUT2D eigenvalue weighted by Gasteiger charge is -2.33. The highest BCUT2D eigenvalue weighted by Gasteiger charge is 2.32. The Morgan fingerprint density at radius 3 is 2.56 bits per heavy atom. The minimum Gasteiger partial charge on any atom is -0.480 e. The Labute approximate surface area is 159 Å².